The molecule has 1 aromatic carbocycles. The van der Waals surface area contributed by atoms with E-state index >= 15 is 0 Å². The maximum Gasteiger partial charge on any atom is 0.154 e. The molecule has 0 heterocycles. The van der Waals surface area contributed by atoms with Gasteiger partial charge in [0.05, 0.1) is 0 Å². The number of halogens is 2. The predicted octanol–water partition coefficient (Wildman–Crippen LogP) is 1.12. The molecule has 0 aliphatic heterocycles. The number of hydrogen-bond acceptors (Lipinski definition) is 3. The highest BCUT2D eigenvalue weighted by atomic mass is 32.2. The molecule has 0 aliphatic carbocycles. The fraction of sp³-hybridized carbons (Fsp3) is 0.300. The minimum absolute atomic E-state index is 0.131. The molecular formula is C10H10F2O3S. The Morgan fingerprint density at radius 2 is 1.94 bits per heavy atom. The van der Waals surface area contributed by atoms with Crippen LogP contribution in [-0.4, -0.2) is 26.2 Å². The van der Waals surface area contributed by atoms with Crippen LogP contribution in [0.3, 0.4) is 0 Å². The zero-order chi connectivity index (χ0) is 12.3. The van der Waals surface area contributed by atoms with Gasteiger partial charge in [0.15, 0.2) is 15.6 Å². The first-order valence-electron chi connectivity index (χ1n) is 4.41. The normalized spacial score (nSPS) is 11.4. The van der Waals surface area contributed by atoms with Gasteiger partial charge >= 0.3 is 0 Å². The maximum absolute atomic E-state index is 13.1. The van der Waals surface area contributed by atoms with E-state index in [9.17, 15) is 22.0 Å². The number of sulfone groups is 1. The van der Waals surface area contributed by atoms with Gasteiger partial charge in [-0.05, 0) is 23.8 Å². The fourth-order valence-corrected chi connectivity index (χ4v) is 1.92. The van der Waals surface area contributed by atoms with Crippen LogP contribution in [0.1, 0.15) is 5.56 Å². The van der Waals surface area contributed by atoms with Gasteiger partial charge in [0.25, 0.3) is 0 Å². The monoisotopic (exact) mass is 248 g/mol. The molecule has 0 fully saturated rings. The van der Waals surface area contributed by atoms with E-state index in [-0.39, 0.29) is 5.56 Å². The molecule has 0 aromatic heterocycles. The number of ketones is 1. The quantitative estimate of drug-likeness (QED) is 0.802. The molecule has 0 spiro atoms. The second-order valence-corrected chi connectivity index (χ2v) is 5.66. The lowest BCUT2D eigenvalue weighted by atomic mass is 10.1. The Hall–Kier alpha value is -1.30. The molecule has 0 saturated heterocycles. The van der Waals surface area contributed by atoms with E-state index in [0.29, 0.717) is 0 Å². The molecule has 3 nitrogen and oxygen atoms in total. The zero-order valence-electron chi connectivity index (χ0n) is 8.54. The summed E-state index contributed by atoms with van der Waals surface area (Å²) < 4.78 is 47.4. The summed E-state index contributed by atoms with van der Waals surface area (Å²) in [6, 6.07) is 2.72. The largest absolute Gasteiger partial charge is 0.298 e. The predicted molar refractivity (Wildman–Crippen MR) is 54.8 cm³/mol. The van der Waals surface area contributed by atoms with Gasteiger partial charge in [-0.2, -0.15) is 0 Å². The van der Waals surface area contributed by atoms with Gasteiger partial charge < -0.3 is 0 Å². The molecule has 6 heteroatoms. The van der Waals surface area contributed by atoms with Gasteiger partial charge in [0, 0.05) is 12.7 Å². The van der Waals surface area contributed by atoms with Crippen LogP contribution in [0, 0.1) is 11.6 Å². The summed E-state index contributed by atoms with van der Waals surface area (Å²) in [6.45, 7) is 0. The van der Waals surface area contributed by atoms with Crippen molar-refractivity contribution in [1.29, 1.82) is 0 Å². The lowest BCUT2D eigenvalue weighted by Crippen LogP contribution is -2.17. The van der Waals surface area contributed by atoms with Crippen molar-refractivity contribution >= 4 is 15.6 Å². The topological polar surface area (TPSA) is 51.2 Å². The standard InChI is InChI=1S/C10H10F2O3S/c1-16(14,15)6-9(13)5-7-4-8(11)2-3-10(7)12/h2-4H,5-6H2,1H3. The molecule has 16 heavy (non-hydrogen) atoms. The Balaban J connectivity index is 2.81. The van der Waals surface area contributed by atoms with Gasteiger partial charge in [-0.1, -0.05) is 0 Å². The lowest BCUT2D eigenvalue weighted by Gasteiger charge is -2.02. The second kappa shape index (κ2) is 4.69. The third-order valence-electron chi connectivity index (χ3n) is 1.82. The minimum atomic E-state index is -3.43. The van der Waals surface area contributed by atoms with Gasteiger partial charge in [-0.15, -0.1) is 0 Å². The number of carbonyl (C=O) groups is 1. The third-order valence-corrected chi connectivity index (χ3v) is 2.66. The van der Waals surface area contributed by atoms with Crippen molar-refractivity contribution in [1.82, 2.24) is 0 Å². The first kappa shape index (κ1) is 12.8. The Bertz CT molecular complexity index is 509. The van der Waals surface area contributed by atoms with Crippen LogP contribution in [0.2, 0.25) is 0 Å². The van der Waals surface area contributed by atoms with Crippen molar-refractivity contribution in [2.24, 2.45) is 0 Å². The fourth-order valence-electron chi connectivity index (χ4n) is 1.23. The summed E-state index contributed by atoms with van der Waals surface area (Å²) >= 11 is 0. The second-order valence-electron chi connectivity index (χ2n) is 3.52. The summed E-state index contributed by atoms with van der Waals surface area (Å²) in [5.41, 5.74) is -0.131. The molecule has 0 atom stereocenters. The zero-order valence-corrected chi connectivity index (χ0v) is 9.35. The van der Waals surface area contributed by atoms with Crippen molar-refractivity contribution in [3.63, 3.8) is 0 Å². The van der Waals surface area contributed by atoms with Gasteiger partial charge in [0.1, 0.15) is 17.4 Å². The molecular weight excluding hydrogens is 238 g/mol. The minimum Gasteiger partial charge on any atom is -0.298 e. The van der Waals surface area contributed by atoms with Crippen LogP contribution in [-0.2, 0) is 21.1 Å². The van der Waals surface area contributed by atoms with E-state index < -0.39 is 39.4 Å². The molecule has 1 aromatic rings. The average Bonchev–Trinajstić information content (AvgIpc) is 2.08. The Morgan fingerprint density at radius 1 is 1.31 bits per heavy atom. The highest BCUT2D eigenvalue weighted by molar-refractivity contribution is 7.91. The van der Waals surface area contributed by atoms with E-state index in [2.05, 4.69) is 0 Å². The molecule has 1 rings (SSSR count). The van der Waals surface area contributed by atoms with Crippen LogP contribution in [0.25, 0.3) is 0 Å². The number of rotatable bonds is 4. The Labute approximate surface area is 92.0 Å². The number of benzene rings is 1. The Morgan fingerprint density at radius 3 is 2.50 bits per heavy atom. The summed E-state index contributed by atoms with van der Waals surface area (Å²) in [5, 5.41) is 0. The molecule has 88 valence electrons. The Kier molecular flexibility index (Phi) is 3.74. The molecule has 0 saturated carbocycles. The van der Waals surface area contributed by atoms with Crippen molar-refractivity contribution in [2.45, 2.75) is 6.42 Å². The maximum atomic E-state index is 13.1. The van der Waals surface area contributed by atoms with E-state index in [1.54, 1.807) is 0 Å². The van der Waals surface area contributed by atoms with Crippen molar-refractivity contribution in [3.8, 4) is 0 Å². The van der Waals surface area contributed by atoms with Crippen LogP contribution >= 0.6 is 0 Å². The highest BCUT2D eigenvalue weighted by Crippen LogP contribution is 2.10. The molecule has 0 unspecified atom stereocenters. The van der Waals surface area contributed by atoms with E-state index in [4.69, 9.17) is 0 Å². The SMILES string of the molecule is CS(=O)(=O)CC(=O)Cc1cc(F)ccc1F. The van der Waals surface area contributed by atoms with Crippen molar-refractivity contribution in [3.05, 3.63) is 35.4 Å². The van der Waals surface area contributed by atoms with Crippen LogP contribution < -0.4 is 0 Å². The summed E-state index contributed by atoms with van der Waals surface area (Å²) in [6.07, 6.45) is 0.490. The number of carbonyl (C=O) groups excluding carboxylic acids is 1. The first-order chi connectivity index (χ1) is 7.28. The molecule has 0 amide bonds. The molecule has 0 N–H and O–H groups in total. The van der Waals surface area contributed by atoms with E-state index in [1.165, 1.54) is 0 Å². The van der Waals surface area contributed by atoms with Gasteiger partial charge in [-0.25, -0.2) is 17.2 Å². The van der Waals surface area contributed by atoms with Crippen LogP contribution in [0.4, 0.5) is 8.78 Å². The smallest absolute Gasteiger partial charge is 0.154 e. The van der Waals surface area contributed by atoms with Crippen molar-refractivity contribution in [2.75, 3.05) is 12.0 Å². The summed E-state index contributed by atoms with van der Waals surface area (Å²) in [5.74, 6) is -2.71. The van der Waals surface area contributed by atoms with E-state index in [1.807, 2.05) is 0 Å². The summed E-state index contributed by atoms with van der Waals surface area (Å²) in [4.78, 5) is 11.2. The summed E-state index contributed by atoms with van der Waals surface area (Å²) in [7, 11) is -3.43. The van der Waals surface area contributed by atoms with Crippen LogP contribution in [0.15, 0.2) is 18.2 Å². The third kappa shape index (κ3) is 4.06. The average molecular weight is 248 g/mol. The molecule has 0 radical (unpaired) electrons. The van der Waals surface area contributed by atoms with E-state index in [0.717, 1.165) is 24.5 Å². The van der Waals surface area contributed by atoms with Gasteiger partial charge in [-0.3, -0.25) is 4.79 Å². The van der Waals surface area contributed by atoms with Gasteiger partial charge in [0.2, 0.25) is 0 Å². The lowest BCUT2D eigenvalue weighted by molar-refractivity contribution is -0.116. The highest BCUT2D eigenvalue weighted by Gasteiger charge is 2.14. The number of Topliss-reactive ketones (excluding diaryl/α,β-unsaturated/α-hetero) is 1. The number of hydrogen-bond donors (Lipinski definition) is 0. The van der Waals surface area contributed by atoms with Crippen LogP contribution in [0.5, 0.6) is 0 Å². The first-order valence-corrected chi connectivity index (χ1v) is 6.47. The molecule has 0 bridgehead atoms. The molecule has 0 aliphatic rings. The van der Waals surface area contributed by atoms with Crippen molar-refractivity contribution < 1.29 is 22.0 Å².